The van der Waals surface area contributed by atoms with Crippen LogP contribution in [0.2, 0.25) is 0 Å². The summed E-state index contributed by atoms with van der Waals surface area (Å²) in [6.45, 7) is 1.69. The Bertz CT molecular complexity index is 729. The Balaban J connectivity index is 2.32. The summed E-state index contributed by atoms with van der Waals surface area (Å²) >= 11 is 0. The Labute approximate surface area is 109 Å². The number of aryl methyl sites for hydroxylation is 2. The zero-order valence-corrected chi connectivity index (χ0v) is 11.1. The Morgan fingerprint density at radius 1 is 1.47 bits per heavy atom. The van der Waals surface area contributed by atoms with Crippen LogP contribution >= 0.6 is 0 Å². The summed E-state index contributed by atoms with van der Waals surface area (Å²) in [7, 11) is -2.45. The minimum atomic E-state index is -3.96. The van der Waals surface area contributed by atoms with E-state index in [1.165, 1.54) is 24.0 Å². The normalized spacial score (nSPS) is 11.5. The lowest BCUT2D eigenvalue weighted by Crippen LogP contribution is -2.17. The molecule has 2 aromatic heterocycles. The number of furan rings is 1. The van der Waals surface area contributed by atoms with E-state index in [2.05, 4.69) is 10.4 Å². The fourth-order valence-electron chi connectivity index (χ4n) is 1.49. The van der Waals surface area contributed by atoms with Crippen LogP contribution in [0.3, 0.4) is 0 Å². The van der Waals surface area contributed by atoms with E-state index >= 15 is 0 Å². The lowest BCUT2D eigenvalue weighted by atomic mass is 10.4. The summed E-state index contributed by atoms with van der Waals surface area (Å²) in [4.78, 5) is 11.6. The molecule has 2 aromatic rings. The zero-order chi connectivity index (χ0) is 14.2. The summed E-state index contributed by atoms with van der Waals surface area (Å²) in [5.41, 5.74) is 0. The van der Waals surface area contributed by atoms with Crippen LogP contribution in [0.15, 0.2) is 27.6 Å². The van der Waals surface area contributed by atoms with Gasteiger partial charge in [0, 0.05) is 13.2 Å². The first-order valence-corrected chi connectivity index (χ1v) is 6.76. The molecule has 19 heavy (non-hydrogen) atoms. The second-order valence-electron chi connectivity index (χ2n) is 3.93. The third-order valence-electron chi connectivity index (χ3n) is 2.30. The van der Waals surface area contributed by atoms with E-state index in [0.717, 1.165) is 0 Å². The van der Waals surface area contributed by atoms with Crippen molar-refractivity contribution < 1.29 is 17.6 Å². The number of sulfonamides is 1. The number of hydrogen-bond acceptors (Lipinski definition) is 5. The molecule has 0 radical (unpaired) electrons. The van der Waals surface area contributed by atoms with Crippen molar-refractivity contribution in [1.82, 2.24) is 9.78 Å². The van der Waals surface area contributed by atoms with Gasteiger partial charge in [-0.3, -0.25) is 9.48 Å². The highest BCUT2D eigenvalue weighted by Crippen LogP contribution is 2.18. The molecule has 9 heteroatoms. The number of rotatable bonds is 3. The van der Waals surface area contributed by atoms with E-state index in [4.69, 9.17) is 9.56 Å². The molecule has 0 spiro atoms. The van der Waals surface area contributed by atoms with Crippen molar-refractivity contribution >= 4 is 21.7 Å². The second kappa shape index (κ2) is 4.52. The van der Waals surface area contributed by atoms with Gasteiger partial charge in [0.05, 0.1) is 0 Å². The summed E-state index contributed by atoms with van der Waals surface area (Å²) in [6, 6.07) is 3.10. The molecule has 102 valence electrons. The minimum absolute atomic E-state index is 0.0588. The predicted molar refractivity (Wildman–Crippen MR) is 66.0 cm³/mol. The van der Waals surface area contributed by atoms with Crippen molar-refractivity contribution in [1.29, 1.82) is 0 Å². The lowest BCUT2D eigenvalue weighted by molar-refractivity contribution is 0.0994. The monoisotopic (exact) mass is 284 g/mol. The number of aromatic nitrogens is 2. The fraction of sp³-hybridized carbons (Fsp3) is 0.200. The van der Waals surface area contributed by atoms with Gasteiger partial charge in [0.1, 0.15) is 10.7 Å². The van der Waals surface area contributed by atoms with Crippen molar-refractivity contribution in [2.24, 2.45) is 12.2 Å². The molecule has 3 N–H and O–H groups in total. The first kappa shape index (κ1) is 13.3. The molecule has 0 aliphatic carbocycles. The van der Waals surface area contributed by atoms with Crippen LogP contribution in [-0.2, 0) is 17.1 Å². The zero-order valence-electron chi connectivity index (χ0n) is 10.2. The number of anilines is 1. The SMILES string of the molecule is Cc1ccc(C(=O)Nc2nn(C)cc2S(N)(=O)=O)o1. The molecule has 0 saturated carbocycles. The van der Waals surface area contributed by atoms with Crippen molar-refractivity contribution in [2.75, 3.05) is 5.32 Å². The molecule has 8 nitrogen and oxygen atoms in total. The average molecular weight is 284 g/mol. The molecular formula is C10H12N4O4S. The van der Waals surface area contributed by atoms with Crippen LogP contribution in [-0.4, -0.2) is 24.1 Å². The molecule has 1 amide bonds. The number of primary sulfonamides is 1. The van der Waals surface area contributed by atoms with Crippen molar-refractivity contribution in [2.45, 2.75) is 11.8 Å². The molecule has 0 aliphatic heterocycles. The van der Waals surface area contributed by atoms with Crippen LogP contribution < -0.4 is 10.5 Å². The quantitative estimate of drug-likeness (QED) is 0.835. The lowest BCUT2D eigenvalue weighted by Gasteiger charge is -2.01. The molecule has 0 atom stereocenters. The second-order valence-corrected chi connectivity index (χ2v) is 5.45. The number of carbonyl (C=O) groups excluding carboxylic acids is 1. The molecule has 0 bridgehead atoms. The number of amides is 1. The average Bonchev–Trinajstić information content (AvgIpc) is 2.84. The maximum absolute atomic E-state index is 11.8. The molecule has 2 rings (SSSR count). The van der Waals surface area contributed by atoms with Gasteiger partial charge in [0.15, 0.2) is 11.6 Å². The molecule has 2 heterocycles. The van der Waals surface area contributed by atoms with Gasteiger partial charge in [0.25, 0.3) is 5.91 Å². The van der Waals surface area contributed by atoms with Gasteiger partial charge < -0.3 is 9.73 Å². The maximum Gasteiger partial charge on any atom is 0.292 e. The standard InChI is InChI=1S/C10H12N4O4S/c1-6-3-4-7(18-6)10(15)12-9-8(19(11,16)17)5-14(2)13-9/h3-5H,1-2H3,(H2,11,16,17)(H,12,13,15). The van der Waals surface area contributed by atoms with Crippen LogP contribution in [0.5, 0.6) is 0 Å². The van der Waals surface area contributed by atoms with E-state index in [1.807, 2.05) is 0 Å². The highest BCUT2D eigenvalue weighted by molar-refractivity contribution is 7.89. The third kappa shape index (κ3) is 2.83. The fourth-order valence-corrected chi connectivity index (χ4v) is 2.15. The molecule has 0 saturated heterocycles. The molecule has 0 aliphatic rings. The third-order valence-corrected chi connectivity index (χ3v) is 3.21. The van der Waals surface area contributed by atoms with Crippen LogP contribution in [0.1, 0.15) is 16.3 Å². The Hall–Kier alpha value is -2.13. The number of hydrogen-bond donors (Lipinski definition) is 2. The smallest absolute Gasteiger partial charge is 0.292 e. The predicted octanol–water partition coefficient (Wildman–Crippen LogP) is 0.221. The number of nitrogens with one attached hydrogen (secondary N) is 1. The first-order chi connectivity index (χ1) is 8.77. The van der Waals surface area contributed by atoms with E-state index in [1.54, 1.807) is 13.0 Å². The Kier molecular flexibility index (Phi) is 3.16. The maximum atomic E-state index is 11.8. The van der Waals surface area contributed by atoms with Gasteiger partial charge in [-0.25, -0.2) is 13.6 Å². The van der Waals surface area contributed by atoms with Crippen LogP contribution in [0.4, 0.5) is 5.82 Å². The number of nitrogens with zero attached hydrogens (tertiary/aromatic N) is 2. The van der Waals surface area contributed by atoms with Crippen molar-refractivity contribution in [3.05, 3.63) is 29.9 Å². The van der Waals surface area contributed by atoms with E-state index < -0.39 is 15.9 Å². The summed E-state index contributed by atoms with van der Waals surface area (Å²) in [5, 5.41) is 11.2. The first-order valence-electron chi connectivity index (χ1n) is 5.21. The van der Waals surface area contributed by atoms with Crippen LogP contribution in [0, 0.1) is 6.92 Å². The summed E-state index contributed by atoms with van der Waals surface area (Å²) < 4.78 is 29.0. The molecule has 0 fully saturated rings. The van der Waals surface area contributed by atoms with Gasteiger partial charge in [0.2, 0.25) is 10.0 Å². The van der Waals surface area contributed by atoms with Gasteiger partial charge in [-0.15, -0.1) is 0 Å². The van der Waals surface area contributed by atoms with E-state index in [0.29, 0.717) is 5.76 Å². The highest BCUT2D eigenvalue weighted by atomic mass is 32.2. The number of nitrogens with two attached hydrogens (primary N) is 1. The van der Waals surface area contributed by atoms with Gasteiger partial charge in [-0.05, 0) is 19.1 Å². The Morgan fingerprint density at radius 3 is 2.68 bits per heavy atom. The number of carbonyl (C=O) groups is 1. The molecular weight excluding hydrogens is 272 g/mol. The van der Waals surface area contributed by atoms with Gasteiger partial charge in [-0.1, -0.05) is 0 Å². The van der Waals surface area contributed by atoms with Crippen LogP contribution in [0.25, 0.3) is 0 Å². The topological polar surface area (TPSA) is 120 Å². The summed E-state index contributed by atoms with van der Waals surface area (Å²) in [5.74, 6) is -0.109. The minimum Gasteiger partial charge on any atom is -0.456 e. The van der Waals surface area contributed by atoms with Gasteiger partial charge in [-0.2, -0.15) is 5.10 Å². The van der Waals surface area contributed by atoms with E-state index in [9.17, 15) is 13.2 Å². The molecule has 0 aromatic carbocycles. The van der Waals surface area contributed by atoms with Crippen molar-refractivity contribution in [3.63, 3.8) is 0 Å². The van der Waals surface area contributed by atoms with Gasteiger partial charge >= 0.3 is 0 Å². The summed E-state index contributed by atoms with van der Waals surface area (Å²) in [6.07, 6.45) is 1.21. The molecule has 0 unspecified atom stereocenters. The highest BCUT2D eigenvalue weighted by Gasteiger charge is 2.21. The largest absolute Gasteiger partial charge is 0.456 e. The van der Waals surface area contributed by atoms with E-state index in [-0.39, 0.29) is 16.5 Å². The van der Waals surface area contributed by atoms with Crippen molar-refractivity contribution in [3.8, 4) is 0 Å². The Morgan fingerprint density at radius 2 is 2.16 bits per heavy atom.